The van der Waals surface area contributed by atoms with Gasteiger partial charge >= 0.3 is 0 Å². The Morgan fingerprint density at radius 1 is 1.24 bits per heavy atom. The van der Waals surface area contributed by atoms with Crippen molar-refractivity contribution in [2.75, 3.05) is 0 Å². The molecule has 0 bridgehead atoms. The number of thioether (sulfide) groups is 1. The van der Waals surface area contributed by atoms with E-state index in [1.54, 1.807) is 23.1 Å². The molecular formula is C12H13BrN2S2. The van der Waals surface area contributed by atoms with Gasteiger partial charge in [0.05, 0.1) is 0 Å². The lowest BCUT2D eigenvalue weighted by molar-refractivity contribution is 0.881. The molecule has 0 aliphatic rings. The topological polar surface area (TPSA) is 25.8 Å². The molecule has 0 spiro atoms. The third kappa shape index (κ3) is 3.30. The van der Waals surface area contributed by atoms with Gasteiger partial charge in [0.2, 0.25) is 0 Å². The van der Waals surface area contributed by atoms with Gasteiger partial charge in [-0.25, -0.2) is 9.97 Å². The van der Waals surface area contributed by atoms with E-state index in [-0.39, 0.29) is 0 Å². The second-order valence-electron chi connectivity index (χ2n) is 3.82. The molecule has 0 aromatic carbocycles. The summed E-state index contributed by atoms with van der Waals surface area (Å²) in [7, 11) is 0. The van der Waals surface area contributed by atoms with Crippen LogP contribution < -0.4 is 0 Å². The van der Waals surface area contributed by atoms with Crippen LogP contribution in [0, 0.1) is 20.8 Å². The number of aryl methyl sites for hydroxylation is 2. The molecule has 0 amide bonds. The summed E-state index contributed by atoms with van der Waals surface area (Å²) in [5, 5.41) is 2.97. The van der Waals surface area contributed by atoms with Gasteiger partial charge < -0.3 is 0 Å². The summed E-state index contributed by atoms with van der Waals surface area (Å²) in [5.41, 5.74) is 3.34. The second-order valence-corrected chi connectivity index (χ2v) is 6.68. The van der Waals surface area contributed by atoms with Gasteiger partial charge in [-0.3, -0.25) is 0 Å². The maximum absolute atomic E-state index is 4.50. The summed E-state index contributed by atoms with van der Waals surface area (Å²) in [5.74, 6) is 0.929. The van der Waals surface area contributed by atoms with Gasteiger partial charge in [0.15, 0.2) is 5.16 Å². The molecule has 0 saturated heterocycles. The molecule has 90 valence electrons. The zero-order valence-electron chi connectivity index (χ0n) is 9.95. The predicted octanol–water partition coefficient (Wildman–Crippen LogP) is 4.52. The Balaban J connectivity index is 2.09. The van der Waals surface area contributed by atoms with E-state index in [9.17, 15) is 0 Å². The first-order valence-corrected chi connectivity index (χ1v) is 7.89. The molecule has 17 heavy (non-hydrogen) atoms. The summed E-state index contributed by atoms with van der Waals surface area (Å²) in [4.78, 5) is 10.3. The van der Waals surface area contributed by atoms with Crippen molar-refractivity contribution in [2.45, 2.75) is 31.7 Å². The van der Waals surface area contributed by atoms with E-state index in [1.807, 2.05) is 13.8 Å². The van der Waals surface area contributed by atoms with E-state index in [0.29, 0.717) is 0 Å². The highest BCUT2D eigenvalue weighted by Gasteiger charge is 2.06. The normalized spacial score (nSPS) is 10.8. The smallest absolute Gasteiger partial charge is 0.188 e. The standard InChI is InChI=1S/C12H13BrN2S2/c1-7-8(2)14-12(15-9(7)3)17-6-11-4-10(13)5-16-11/h4-5H,6H2,1-3H3. The Morgan fingerprint density at radius 3 is 2.41 bits per heavy atom. The Bertz CT molecular complexity index is 514. The van der Waals surface area contributed by atoms with Crippen molar-refractivity contribution in [3.05, 3.63) is 37.7 Å². The van der Waals surface area contributed by atoms with Gasteiger partial charge in [0.1, 0.15) is 0 Å². The van der Waals surface area contributed by atoms with Crippen molar-refractivity contribution in [3.8, 4) is 0 Å². The fraction of sp³-hybridized carbons (Fsp3) is 0.333. The molecule has 0 radical (unpaired) electrons. The van der Waals surface area contributed by atoms with E-state index < -0.39 is 0 Å². The highest BCUT2D eigenvalue weighted by Crippen LogP contribution is 2.27. The molecule has 2 heterocycles. The molecule has 2 rings (SSSR count). The molecule has 2 aromatic rings. The van der Waals surface area contributed by atoms with Gasteiger partial charge in [0, 0.05) is 31.9 Å². The molecule has 2 nitrogen and oxygen atoms in total. The van der Waals surface area contributed by atoms with Crippen LogP contribution in [0.25, 0.3) is 0 Å². The maximum Gasteiger partial charge on any atom is 0.188 e. The number of nitrogens with zero attached hydrogens (tertiary/aromatic N) is 2. The number of aromatic nitrogens is 2. The van der Waals surface area contributed by atoms with Crippen LogP contribution in [0.2, 0.25) is 0 Å². The highest BCUT2D eigenvalue weighted by molar-refractivity contribution is 9.10. The molecule has 0 aliphatic carbocycles. The lowest BCUT2D eigenvalue weighted by atomic mass is 10.2. The number of hydrogen-bond donors (Lipinski definition) is 0. The van der Waals surface area contributed by atoms with E-state index in [0.717, 1.165) is 26.8 Å². The van der Waals surface area contributed by atoms with Crippen LogP contribution in [0.4, 0.5) is 0 Å². The molecule has 2 aromatic heterocycles. The molecule has 0 aliphatic heterocycles. The Hall–Kier alpha value is -0.390. The average molecular weight is 329 g/mol. The first-order chi connectivity index (χ1) is 8.06. The summed E-state index contributed by atoms with van der Waals surface area (Å²) < 4.78 is 1.15. The van der Waals surface area contributed by atoms with Crippen LogP contribution in [0.1, 0.15) is 21.8 Å². The van der Waals surface area contributed by atoms with Gasteiger partial charge in [0.25, 0.3) is 0 Å². The van der Waals surface area contributed by atoms with Gasteiger partial charge in [-0.1, -0.05) is 11.8 Å². The van der Waals surface area contributed by atoms with E-state index in [1.165, 1.54) is 10.4 Å². The first-order valence-electron chi connectivity index (χ1n) is 5.24. The highest BCUT2D eigenvalue weighted by atomic mass is 79.9. The Kier molecular flexibility index (Phi) is 4.22. The molecule has 0 fully saturated rings. The van der Waals surface area contributed by atoms with Crippen molar-refractivity contribution in [2.24, 2.45) is 0 Å². The molecule has 5 heteroatoms. The van der Waals surface area contributed by atoms with E-state index in [2.05, 4.69) is 44.3 Å². The van der Waals surface area contributed by atoms with Crippen LogP contribution in [0.15, 0.2) is 21.1 Å². The number of halogens is 1. The summed E-state index contributed by atoms with van der Waals surface area (Å²) >= 11 is 6.91. The average Bonchev–Trinajstić information content (AvgIpc) is 2.69. The van der Waals surface area contributed by atoms with Crippen LogP contribution >= 0.6 is 39.0 Å². The van der Waals surface area contributed by atoms with Crippen LogP contribution in [0.3, 0.4) is 0 Å². The monoisotopic (exact) mass is 328 g/mol. The zero-order valence-corrected chi connectivity index (χ0v) is 13.2. The van der Waals surface area contributed by atoms with Crippen LogP contribution in [-0.2, 0) is 5.75 Å². The second kappa shape index (κ2) is 5.50. The third-order valence-electron chi connectivity index (χ3n) is 2.58. The van der Waals surface area contributed by atoms with Crippen molar-refractivity contribution in [3.63, 3.8) is 0 Å². The van der Waals surface area contributed by atoms with Gasteiger partial charge in [-0.05, 0) is 48.3 Å². The lowest BCUT2D eigenvalue weighted by Gasteiger charge is -2.05. The minimum absolute atomic E-state index is 0.870. The van der Waals surface area contributed by atoms with Crippen LogP contribution in [0.5, 0.6) is 0 Å². The van der Waals surface area contributed by atoms with Crippen molar-refractivity contribution >= 4 is 39.0 Å². The number of hydrogen-bond acceptors (Lipinski definition) is 4. The Labute approximate surface area is 118 Å². The van der Waals surface area contributed by atoms with Gasteiger partial charge in [-0.2, -0.15) is 0 Å². The van der Waals surface area contributed by atoms with Crippen molar-refractivity contribution < 1.29 is 0 Å². The molecule has 0 saturated carbocycles. The molecule has 0 unspecified atom stereocenters. The first kappa shape index (κ1) is 13.1. The number of thiophene rings is 1. The fourth-order valence-corrected chi connectivity index (χ4v) is 3.81. The predicted molar refractivity (Wildman–Crippen MR) is 77.8 cm³/mol. The third-order valence-corrected chi connectivity index (χ3v) is 5.35. The summed E-state index contributed by atoms with van der Waals surface area (Å²) in [6.45, 7) is 6.14. The molecule has 0 atom stereocenters. The number of rotatable bonds is 3. The quantitative estimate of drug-likeness (QED) is 0.612. The minimum Gasteiger partial charge on any atom is -0.228 e. The SMILES string of the molecule is Cc1nc(SCc2cc(Br)cs2)nc(C)c1C. The summed E-state index contributed by atoms with van der Waals surface area (Å²) in [6.07, 6.45) is 0. The van der Waals surface area contributed by atoms with Gasteiger partial charge in [-0.15, -0.1) is 11.3 Å². The minimum atomic E-state index is 0.870. The summed E-state index contributed by atoms with van der Waals surface area (Å²) in [6, 6.07) is 2.14. The van der Waals surface area contributed by atoms with Crippen molar-refractivity contribution in [1.29, 1.82) is 0 Å². The van der Waals surface area contributed by atoms with E-state index in [4.69, 9.17) is 0 Å². The van der Waals surface area contributed by atoms with Crippen LogP contribution in [-0.4, -0.2) is 9.97 Å². The fourth-order valence-electron chi connectivity index (χ4n) is 1.37. The van der Waals surface area contributed by atoms with E-state index >= 15 is 0 Å². The Morgan fingerprint density at radius 2 is 1.88 bits per heavy atom. The maximum atomic E-state index is 4.50. The van der Waals surface area contributed by atoms with Crippen molar-refractivity contribution in [1.82, 2.24) is 9.97 Å². The molecule has 0 N–H and O–H groups in total. The largest absolute Gasteiger partial charge is 0.228 e. The molecular weight excluding hydrogens is 316 g/mol. The zero-order chi connectivity index (χ0) is 12.4. The lowest BCUT2D eigenvalue weighted by Crippen LogP contribution is -1.97.